The van der Waals surface area contributed by atoms with Crippen LogP contribution in [0.5, 0.6) is 5.75 Å². The second kappa shape index (κ2) is 9.28. The van der Waals surface area contributed by atoms with Gasteiger partial charge in [-0.25, -0.2) is 0 Å². The lowest BCUT2D eigenvalue weighted by Gasteiger charge is -2.34. The molecule has 0 radical (unpaired) electrons. The van der Waals surface area contributed by atoms with E-state index in [-0.39, 0.29) is 30.0 Å². The van der Waals surface area contributed by atoms with Crippen LogP contribution >= 0.6 is 24.0 Å². The summed E-state index contributed by atoms with van der Waals surface area (Å²) in [6.45, 7) is 15.7. The summed E-state index contributed by atoms with van der Waals surface area (Å²) in [5, 5.41) is 14.4. The van der Waals surface area contributed by atoms with Crippen molar-refractivity contribution in [2.24, 2.45) is 5.41 Å². The number of aliphatic hydroxyl groups excluding tert-OH is 1. The topological polar surface area (TPSA) is 41.5 Å². The van der Waals surface area contributed by atoms with Crippen molar-refractivity contribution in [3.63, 3.8) is 0 Å². The normalized spacial score (nSPS) is 13.4. The Morgan fingerprint density at radius 3 is 2.08 bits per heavy atom. The van der Waals surface area contributed by atoms with Crippen LogP contribution in [0.15, 0.2) is 12.1 Å². The second-order valence-electron chi connectivity index (χ2n) is 8.34. The predicted octanol–water partition coefficient (Wildman–Crippen LogP) is 4.92. The summed E-state index contributed by atoms with van der Waals surface area (Å²) in [5.74, 6) is 0.748. The highest BCUT2D eigenvalue weighted by atomic mass is 35.5. The molecule has 0 saturated heterocycles. The maximum Gasteiger partial charge on any atom is 0.120 e. The van der Waals surface area contributed by atoms with Crippen LogP contribution in [0.2, 0.25) is 5.02 Å². The van der Waals surface area contributed by atoms with E-state index in [0.29, 0.717) is 6.54 Å². The summed E-state index contributed by atoms with van der Waals surface area (Å²) >= 11 is 6.15. The Morgan fingerprint density at radius 2 is 1.62 bits per heavy atom. The van der Waals surface area contributed by atoms with E-state index in [1.165, 1.54) is 0 Å². The van der Waals surface area contributed by atoms with Crippen LogP contribution in [0.4, 0.5) is 0 Å². The number of aliphatic hydroxyl groups is 1. The van der Waals surface area contributed by atoms with Crippen LogP contribution in [0.1, 0.15) is 52.2 Å². The molecule has 5 heteroatoms. The summed E-state index contributed by atoms with van der Waals surface area (Å²) in [6.07, 6.45) is 0.480. The number of nitrogens with one attached hydrogen (secondary N) is 1. The van der Waals surface area contributed by atoms with Crippen molar-refractivity contribution >= 4 is 24.0 Å². The maximum absolute atomic E-state index is 10.2. The van der Waals surface area contributed by atoms with Crippen molar-refractivity contribution in [2.45, 2.75) is 66.5 Å². The molecule has 0 bridgehead atoms. The molecule has 1 aromatic rings. The maximum atomic E-state index is 10.2. The summed E-state index contributed by atoms with van der Waals surface area (Å²) < 4.78 is 5.70. The zero-order chi connectivity index (χ0) is 17.8. The Kier molecular flexibility index (Phi) is 9.10. The fourth-order valence-electron chi connectivity index (χ4n) is 3.02. The van der Waals surface area contributed by atoms with E-state index in [9.17, 15) is 5.11 Å². The molecule has 1 rings (SSSR count). The Balaban J connectivity index is 0.00000529. The van der Waals surface area contributed by atoms with Gasteiger partial charge in [0.25, 0.3) is 0 Å². The molecular weight excluding hydrogens is 345 g/mol. The Morgan fingerprint density at radius 1 is 1.12 bits per heavy atom. The van der Waals surface area contributed by atoms with Gasteiger partial charge in [-0.05, 0) is 62.8 Å². The number of β-amino-alcohol motifs (C(OH)–C–C–N with tert-alkyl or cyclic N) is 1. The largest absolute Gasteiger partial charge is 0.491 e. The van der Waals surface area contributed by atoms with Crippen molar-refractivity contribution in [2.75, 3.05) is 13.2 Å². The van der Waals surface area contributed by atoms with Crippen LogP contribution in [0, 0.1) is 19.3 Å². The van der Waals surface area contributed by atoms with Gasteiger partial charge >= 0.3 is 0 Å². The highest BCUT2D eigenvalue weighted by Crippen LogP contribution is 2.27. The summed E-state index contributed by atoms with van der Waals surface area (Å²) in [5.41, 5.74) is 2.20. The summed E-state index contributed by atoms with van der Waals surface area (Å²) in [4.78, 5) is 0. The molecule has 3 nitrogen and oxygen atoms in total. The first kappa shape index (κ1) is 23.5. The first-order chi connectivity index (χ1) is 10.4. The molecule has 0 amide bonds. The van der Waals surface area contributed by atoms with Crippen LogP contribution in [0.25, 0.3) is 0 Å². The average Bonchev–Trinajstić information content (AvgIpc) is 2.37. The van der Waals surface area contributed by atoms with Crippen molar-refractivity contribution in [1.82, 2.24) is 5.32 Å². The Bertz CT molecular complexity index is 502. The number of hydrogen-bond donors (Lipinski definition) is 2. The highest BCUT2D eigenvalue weighted by molar-refractivity contribution is 6.32. The van der Waals surface area contributed by atoms with Gasteiger partial charge in [-0.1, -0.05) is 32.4 Å². The third kappa shape index (κ3) is 8.57. The van der Waals surface area contributed by atoms with Gasteiger partial charge in [0, 0.05) is 17.1 Å². The number of halogens is 2. The van der Waals surface area contributed by atoms with Crippen LogP contribution < -0.4 is 10.1 Å². The number of benzene rings is 1. The molecule has 24 heavy (non-hydrogen) atoms. The molecule has 1 atom stereocenters. The van der Waals surface area contributed by atoms with Crippen LogP contribution in [0.3, 0.4) is 0 Å². The van der Waals surface area contributed by atoms with E-state index < -0.39 is 6.10 Å². The minimum absolute atomic E-state index is 0. The van der Waals surface area contributed by atoms with Crippen molar-refractivity contribution in [3.8, 4) is 5.75 Å². The Hall–Kier alpha value is -0.480. The van der Waals surface area contributed by atoms with E-state index in [2.05, 4.69) is 39.9 Å². The molecule has 0 fully saturated rings. The first-order valence-electron chi connectivity index (χ1n) is 8.22. The highest BCUT2D eigenvalue weighted by Gasteiger charge is 2.25. The molecule has 0 aliphatic carbocycles. The lowest BCUT2D eigenvalue weighted by Crippen LogP contribution is -2.46. The molecule has 0 aliphatic heterocycles. The van der Waals surface area contributed by atoms with Crippen molar-refractivity contribution in [1.29, 1.82) is 0 Å². The zero-order valence-electron chi connectivity index (χ0n) is 16.0. The monoisotopic (exact) mass is 377 g/mol. The summed E-state index contributed by atoms with van der Waals surface area (Å²) in [6, 6.07) is 3.80. The van der Waals surface area contributed by atoms with Crippen molar-refractivity contribution < 1.29 is 9.84 Å². The minimum atomic E-state index is -0.550. The minimum Gasteiger partial charge on any atom is -0.491 e. The lowest BCUT2D eigenvalue weighted by molar-refractivity contribution is 0.0943. The molecule has 1 aromatic carbocycles. The molecule has 1 unspecified atom stereocenters. The Labute approximate surface area is 158 Å². The van der Waals surface area contributed by atoms with Crippen molar-refractivity contribution in [3.05, 3.63) is 28.3 Å². The first-order valence-corrected chi connectivity index (χ1v) is 8.60. The summed E-state index contributed by atoms with van der Waals surface area (Å²) in [7, 11) is 0. The standard InChI is InChI=1S/C19H32ClNO2.ClH/c1-13-8-16(9-14(2)17(13)20)23-11-15(22)10-21-19(6,7)12-18(3,4)5;/h8-9,15,21-22H,10-12H2,1-7H3;1H. The van der Waals surface area contributed by atoms with Gasteiger partial charge < -0.3 is 15.2 Å². The van der Waals surface area contributed by atoms with Crippen LogP contribution in [-0.2, 0) is 0 Å². The quantitative estimate of drug-likeness (QED) is 0.707. The number of aryl methyl sites for hydroxylation is 2. The van der Waals surface area contributed by atoms with E-state index in [0.717, 1.165) is 28.3 Å². The molecule has 0 aromatic heterocycles. The van der Waals surface area contributed by atoms with E-state index in [1.54, 1.807) is 0 Å². The van der Waals surface area contributed by atoms with Gasteiger partial charge in [-0.3, -0.25) is 0 Å². The fraction of sp³-hybridized carbons (Fsp3) is 0.684. The molecule has 0 saturated carbocycles. The molecule has 0 spiro atoms. The average molecular weight is 378 g/mol. The molecule has 140 valence electrons. The van der Waals surface area contributed by atoms with Gasteiger partial charge in [0.15, 0.2) is 0 Å². The molecule has 0 aliphatic rings. The number of rotatable bonds is 7. The van der Waals surface area contributed by atoms with Crippen LogP contribution in [-0.4, -0.2) is 29.9 Å². The molecule has 0 heterocycles. The van der Waals surface area contributed by atoms with Gasteiger partial charge in [0.2, 0.25) is 0 Å². The SMILES string of the molecule is Cc1cc(OCC(O)CNC(C)(C)CC(C)(C)C)cc(C)c1Cl.Cl. The van der Waals surface area contributed by atoms with Gasteiger partial charge in [-0.2, -0.15) is 0 Å². The fourth-order valence-corrected chi connectivity index (χ4v) is 3.13. The van der Waals surface area contributed by atoms with E-state index in [4.69, 9.17) is 16.3 Å². The predicted molar refractivity (Wildman–Crippen MR) is 106 cm³/mol. The van der Waals surface area contributed by atoms with Gasteiger partial charge in [0.1, 0.15) is 18.5 Å². The van der Waals surface area contributed by atoms with Gasteiger partial charge in [0.05, 0.1) is 0 Å². The van der Waals surface area contributed by atoms with E-state index >= 15 is 0 Å². The van der Waals surface area contributed by atoms with Gasteiger partial charge in [-0.15, -0.1) is 12.4 Å². The molecule has 2 N–H and O–H groups in total. The zero-order valence-corrected chi connectivity index (χ0v) is 17.6. The third-order valence-corrected chi connectivity index (χ3v) is 4.24. The smallest absolute Gasteiger partial charge is 0.120 e. The molecular formula is C19H33Cl2NO2. The second-order valence-corrected chi connectivity index (χ2v) is 8.72. The number of ether oxygens (including phenoxy) is 1. The lowest BCUT2D eigenvalue weighted by atomic mass is 9.82. The third-order valence-electron chi connectivity index (χ3n) is 3.64. The number of hydrogen-bond acceptors (Lipinski definition) is 3. The van der Waals surface area contributed by atoms with E-state index in [1.807, 2.05) is 26.0 Å².